The summed E-state index contributed by atoms with van der Waals surface area (Å²) in [4.78, 5) is 4.63. The minimum absolute atomic E-state index is 0.0538. The molecule has 0 spiro atoms. The molecule has 1 aliphatic rings. The van der Waals surface area contributed by atoms with E-state index in [1.165, 1.54) is 0 Å². The van der Waals surface area contributed by atoms with Crippen molar-refractivity contribution in [1.29, 1.82) is 0 Å². The summed E-state index contributed by atoms with van der Waals surface area (Å²) in [5.74, 6) is 0. The molecule has 27 heavy (non-hydrogen) atoms. The summed E-state index contributed by atoms with van der Waals surface area (Å²) >= 11 is 0. The number of hydrazine groups is 1. The molecule has 0 aliphatic carbocycles. The largest absolute Gasteiger partial charge is 0.395 e. The topological polar surface area (TPSA) is 101 Å². The molecule has 0 aromatic carbocycles. The van der Waals surface area contributed by atoms with Gasteiger partial charge in [0.05, 0.1) is 24.2 Å². The second kappa shape index (κ2) is 7.77. The average Bonchev–Trinajstić information content (AvgIpc) is 3.12. The molecule has 0 amide bonds. The highest BCUT2D eigenvalue weighted by Gasteiger charge is 2.24. The number of hydrogen-bond acceptors (Lipinski definition) is 6. The zero-order valence-electron chi connectivity index (χ0n) is 15.9. The third-order valence-electron chi connectivity index (χ3n) is 4.57. The van der Waals surface area contributed by atoms with Crippen LogP contribution in [0.5, 0.6) is 0 Å². The van der Waals surface area contributed by atoms with Gasteiger partial charge in [-0.25, -0.2) is 0 Å². The van der Waals surface area contributed by atoms with E-state index in [9.17, 15) is 5.11 Å². The van der Waals surface area contributed by atoms with Crippen LogP contribution in [0.25, 0.3) is 22.9 Å². The monoisotopic (exact) mass is 366 g/mol. The van der Waals surface area contributed by atoms with Gasteiger partial charge in [0.2, 0.25) is 0 Å². The number of aryl methyl sites for hydroxylation is 1. The Hall–Kier alpha value is -2.90. The first-order chi connectivity index (χ1) is 12.9. The van der Waals surface area contributed by atoms with E-state index >= 15 is 0 Å². The molecular weight excluding hydrogens is 340 g/mol. The number of aromatic nitrogens is 3. The fraction of sp³-hybridized carbons (Fsp3) is 0.300. The molecule has 0 saturated carbocycles. The van der Waals surface area contributed by atoms with Gasteiger partial charge in [-0.05, 0) is 23.8 Å². The summed E-state index contributed by atoms with van der Waals surface area (Å²) in [6.45, 7) is 4.50. The van der Waals surface area contributed by atoms with Crippen molar-refractivity contribution in [2.24, 2.45) is 18.2 Å². The van der Waals surface area contributed by atoms with Crippen molar-refractivity contribution in [3.05, 3.63) is 59.8 Å². The van der Waals surface area contributed by atoms with Gasteiger partial charge in [0, 0.05) is 54.3 Å². The lowest BCUT2D eigenvalue weighted by atomic mass is 9.84. The highest BCUT2D eigenvalue weighted by Crippen LogP contribution is 2.32. The van der Waals surface area contributed by atoms with Crippen LogP contribution in [0.4, 0.5) is 0 Å². The molecule has 2 aromatic rings. The van der Waals surface area contributed by atoms with Gasteiger partial charge in [-0.1, -0.05) is 19.9 Å². The molecule has 0 bridgehead atoms. The minimum Gasteiger partial charge on any atom is -0.395 e. The van der Waals surface area contributed by atoms with Crippen LogP contribution in [-0.2, 0) is 7.05 Å². The van der Waals surface area contributed by atoms with Crippen molar-refractivity contribution in [3.8, 4) is 11.1 Å². The van der Waals surface area contributed by atoms with Crippen LogP contribution in [-0.4, -0.2) is 33.0 Å². The number of pyridine rings is 1. The van der Waals surface area contributed by atoms with Gasteiger partial charge in [0.25, 0.3) is 0 Å². The van der Waals surface area contributed by atoms with Crippen LogP contribution in [0.1, 0.15) is 25.1 Å². The van der Waals surface area contributed by atoms with Gasteiger partial charge in [0.15, 0.2) is 0 Å². The fourth-order valence-electron chi connectivity index (χ4n) is 2.78. The van der Waals surface area contributed by atoms with E-state index in [4.69, 9.17) is 5.73 Å². The van der Waals surface area contributed by atoms with E-state index in [-0.39, 0.29) is 12.0 Å². The maximum Gasteiger partial charge on any atom is 0.0721 e. The first-order valence-corrected chi connectivity index (χ1v) is 8.85. The Morgan fingerprint density at radius 3 is 2.78 bits per heavy atom. The molecule has 0 fully saturated rings. The number of aliphatic hydroxyl groups is 1. The third-order valence-corrected chi connectivity index (χ3v) is 4.57. The third kappa shape index (κ3) is 4.10. The smallest absolute Gasteiger partial charge is 0.0721 e. The molecule has 142 valence electrons. The number of allylic oxidation sites excluding steroid dienone is 1. The molecular formula is C20H26N6O. The van der Waals surface area contributed by atoms with Crippen molar-refractivity contribution in [3.63, 3.8) is 0 Å². The van der Waals surface area contributed by atoms with E-state index in [2.05, 4.69) is 27.0 Å². The second-order valence-corrected chi connectivity index (χ2v) is 7.17. The van der Waals surface area contributed by atoms with Gasteiger partial charge in [-0.3, -0.25) is 9.67 Å². The quantitative estimate of drug-likeness (QED) is 0.622. The lowest BCUT2D eigenvalue weighted by Crippen LogP contribution is -2.32. The summed E-state index contributed by atoms with van der Waals surface area (Å²) in [6.07, 6.45) is 13.3. The van der Waals surface area contributed by atoms with Crippen molar-refractivity contribution >= 4 is 11.8 Å². The van der Waals surface area contributed by atoms with Gasteiger partial charge in [0.1, 0.15) is 0 Å². The van der Waals surface area contributed by atoms with Crippen LogP contribution >= 0.6 is 0 Å². The number of rotatable bonds is 6. The molecule has 7 heteroatoms. The summed E-state index contributed by atoms with van der Waals surface area (Å²) in [7, 11) is 1.89. The number of nitrogens with one attached hydrogen (secondary N) is 2. The van der Waals surface area contributed by atoms with E-state index in [0.29, 0.717) is 6.54 Å². The standard InChI is InChI=1S/C20H26N6O/c1-20(2,13-27)16-8-19(25-23-11-16)17-7-14(15-10-24-26(3)12-15)9-22-18(17)5-4-6-21/h4-5,7-12,23,25,27H,6,13,21H2,1-3H3/b5-4-. The average molecular weight is 366 g/mol. The normalized spacial score (nSPS) is 14.6. The summed E-state index contributed by atoms with van der Waals surface area (Å²) in [5, 5.41) is 13.9. The molecule has 0 atom stereocenters. The number of aliphatic hydroxyl groups excluding tert-OH is 1. The SMILES string of the molecule is Cn1cc(-c2cnc(/C=C\CN)c(C3=CC(C(C)(C)CO)=CNN3)c2)cn1. The van der Waals surface area contributed by atoms with E-state index in [0.717, 1.165) is 33.7 Å². The Labute approximate surface area is 159 Å². The van der Waals surface area contributed by atoms with Crippen LogP contribution < -0.4 is 16.6 Å². The number of nitrogens with two attached hydrogens (primary N) is 1. The number of hydrogen-bond donors (Lipinski definition) is 4. The molecule has 5 N–H and O–H groups in total. The summed E-state index contributed by atoms with van der Waals surface area (Å²) in [5.41, 5.74) is 17.1. The minimum atomic E-state index is -0.359. The summed E-state index contributed by atoms with van der Waals surface area (Å²) in [6, 6.07) is 2.08. The molecule has 3 rings (SSSR count). The molecule has 2 aromatic heterocycles. The fourth-order valence-corrected chi connectivity index (χ4v) is 2.78. The van der Waals surface area contributed by atoms with Crippen LogP contribution in [0.15, 0.2) is 48.6 Å². The Morgan fingerprint density at radius 2 is 2.11 bits per heavy atom. The highest BCUT2D eigenvalue weighted by molar-refractivity contribution is 5.77. The van der Waals surface area contributed by atoms with Crippen LogP contribution in [0.3, 0.4) is 0 Å². The maximum atomic E-state index is 9.70. The Balaban J connectivity index is 2.08. The maximum absolute atomic E-state index is 9.70. The Bertz CT molecular complexity index is 907. The Morgan fingerprint density at radius 1 is 1.30 bits per heavy atom. The molecule has 0 saturated heterocycles. The van der Waals surface area contributed by atoms with Crippen LogP contribution in [0.2, 0.25) is 0 Å². The first kappa shape index (κ1) is 18.9. The number of nitrogens with zero attached hydrogens (tertiary/aromatic N) is 3. The van der Waals surface area contributed by atoms with E-state index in [1.807, 2.05) is 63.9 Å². The second-order valence-electron chi connectivity index (χ2n) is 7.17. The van der Waals surface area contributed by atoms with E-state index in [1.54, 1.807) is 4.68 Å². The highest BCUT2D eigenvalue weighted by atomic mass is 16.3. The molecule has 0 unspecified atom stereocenters. The first-order valence-electron chi connectivity index (χ1n) is 8.85. The van der Waals surface area contributed by atoms with Gasteiger partial charge >= 0.3 is 0 Å². The van der Waals surface area contributed by atoms with Gasteiger partial charge in [-0.15, -0.1) is 0 Å². The summed E-state index contributed by atoms with van der Waals surface area (Å²) < 4.78 is 1.77. The van der Waals surface area contributed by atoms with Crippen molar-refractivity contribution in [2.45, 2.75) is 13.8 Å². The zero-order valence-corrected chi connectivity index (χ0v) is 15.9. The predicted octanol–water partition coefficient (Wildman–Crippen LogP) is 1.81. The van der Waals surface area contributed by atoms with Crippen molar-refractivity contribution in [1.82, 2.24) is 25.6 Å². The lowest BCUT2D eigenvalue weighted by Gasteiger charge is -2.28. The lowest BCUT2D eigenvalue weighted by molar-refractivity contribution is 0.192. The predicted molar refractivity (Wildman–Crippen MR) is 108 cm³/mol. The zero-order chi connectivity index (χ0) is 19.4. The molecule has 0 radical (unpaired) electrons. The Kier molecular flexibility index (Phi) is 5.43. The van der Waals surface area contributed by atoms with Gasteiger partial charge in [-0.2, -0.15) is 5.10 Å². The molecule has 7 nitrogen and oxygen atoms in total. The van der Waals surface area contributed by atoms with E-state index < -0.39 is 0 Å². The molecule has 1 aliphatic heterocycles. The van der Waals surface area contributed by atoms with Gasteiger partial charge < -0.3 is 21.7 Å². The molecule has 3 heterocycles. The van der Waals surface area contributed by atoms with Crippen LogP contribution in [0, 0.1) is 5.41 Å². The van der Waals surface area contributed by atoms with Crippen molar-refractivity contribution < 1.29 is 5.11 Å². The van der Waals surface area contributed by atoms with Crippen molar-refractivity contribution in [2.75, 3.05) is 13.2 Å².